The number of aryl methyl sites for hydroxylation is 1. The Hall–Kier alpha value is -2.04. The zero-order valence-corrected chi connectivity index (χ0v) is 14.0. The summed E-state index contributed by atoms with van der Waals surface area (Å²) in [5.74, 6) is 0.868. The molecule has 0 saturated heterocycles. The molecule has 2 aromatic heterocycles. The maximum absolute atomic E-state index is 6.18. The zero-order chi connectivity index (χ0) is 16.4. The van der Waals surface area contributed by atoms with Crippen LogP contribution in [0.2, 0.25) is 5.15 Å². The van der Waals surface area contributed by atoms with E-state index < -0.39 is 0 Å². The highest BCUT2D eigenvalue weighted by Crippen LogP contribution is 2.32. The molecule has 0 aliphatic heterocycles. The first-order valence-corrected chi connectivity index (χ1v) is 8.04. The first-order chi connectivity index (χ1) is 11.0. The highest BCUT2D eigenvalue weighted by Gasteiger charge is 2.17. The van der Waals surface area contributed by atoms with Crippen LogP contribution in [0.15, 0.2) is 40.8 Å². The molecule has 5 heteroatoms. The highest BCUT2D eigenvalue weighted by molar-refractivity contribution is 6.30. The summed E-state index contributed by atoms with van der Waals surface area (Å²) in [6, 6.07) is 12.0. The average molecular weight is 330 g/mol. The van der Waals surface area contributed by atoms with Crippen molar-refractivity contribution >= 4 is 28.4 Å². The Morgan fingerprint density at radius 2 is 2.04 bits per heavy atom. The molecule has 0 aliphatic rings. The van der Waals surface area contributed by atoms with Gasteiger partial charge in [-0.15, -0.1) is 0 Å². The van der Waals surface area contributed by atoms with E-state index in [1.54, 1.807) is 6.07 Å². The van der Waals surface area contributed by atoms with E-state index in [2.05, 4.69) is 22.4 Å². The molecular formula is C18H20ClN3O. The molecule has 23 heavy (non-hydrogen) atoms. The lowest BCUT2D eigenvalue weighted by molar-refractivity contribution is 0.522. The van der Waals surface area contributed by atoms with Crippen molar-refractivity contribution < 1.29 is 4.42 Å². The van der Waals surface area contributed by atoms with Gasteiger partial charge in [0, 0.05) is 30.6 Å². The Kier molecular flexibility index (Phi) is 4.55. The number of nitrogens with zero attached hydrogens (tertiary/aromatic N) is 1. The van der Waals surface area contributed by atoms with Gasteiger partial charge in [-0.05, 0) is 19.4 Å². The Balaban J connectivity index is 1.96. The third-order valence-corrected chi connectivity index (χ3v) is 3.97. The number of anilines is 1. The van der Waals surface area contributed by atoms with Gasteiger partial charge in [0.1, 0.15) is 16.4 Å². The largest absolute Gasteiger partial charge is 0.457 e. The van der Waals surface area contributed by atoms with Gasteiger partial charge < -0.3 is 15.5 Å². The second-order valence-corrected chi connectivity index (χ2v) is 6.23. The number of pyridine rings is 1. The first-order valence-electron chi connectivity index (χ1n) is 7.66. The van der Waals surface area contributed by atoms with Crippen LogP contribution in [-0.4, -0.2) is 11.0 Å². The molecule has 0 aliphatic carbocycles. The number of fused-ring (bicyclic) bond motifs is 1. The lowest BCUT2D eigenvalue weighted by Gasteiger charge is -2.07. The van der Waals surface area contributed by atoms with Gasteiger partial charge in [-0.2, -0.15) is 0 Å². The number of hydrogen-bond acceptors (Lipinski definition) is 4. The molecule has 0 bridgehead atoms. The van der Waals surface area contributed by atoms with Gasteiger partial charge in [-0.3, -0.25) is 0 Å². The van der Waals surface area contributed by atoms with Crippen LogP contribution in [0, 0.1) is 6.92 Å². The number of furan rings is 1. The molecule has 4 nitrogen and oxygen atoms in total. The summed E-state index contributed by atoms with van der Waals surface area (Å²) in [4.78, 5) is 4.41. The van der Waals surface area contributed by atoms with Crippen LogP contribution in [0.5, 0.6) is 0 Å². The van der Waals surface area contributed by atoms with Crippen molar-refractivity contribution in [3.8, 4) is 0 Å². The average Bonchev–Trinajstić information content (AvgIpc) is 2.82. The summed E-state index contributed by atoms with van der Waals surface area (Å²) in [5, 5.41) is 3.84. The quantitative estimate of drug-likeness (QED) is 0.685. The fraction of sp³-hybridized carbons (Fsp3) is 0.278. The van der Waals surface area contributed by atoms with E-state index in [0.29, 0.717) is 18.1 Å². The van der Waals surface area contributed by atoms with E-state index >= 15 is 0 Å². The molecule has 0 fully saturated rings. The fourth-order valence-corrected chi connectivity index (χ4v) is 2.80. The number of hydrogen-bond donors (Lipinski definition) is 2. The Bertz CT molecular complexity index is 812. The number of aromatic nitrogens is 1. The van der Waals surface area contributed by atoms with E-state index in [1.165, 1.54) is 5.56 Å². The number of nitrogens with two attached hydrogens (primary N) is 1. The van der Waals surface area contributed by atoms with E-state index in [4.69, 9.17) is 21.8 Å². The van der Waals surface area contributed by atoms with Crippen LogP contribution in [0.4, 0.5) is 5.69 Å². The minimum Gasteiger partial charge on any atom is -0.457 e. The molecular weight excluding hydrogens is 310 g/mol. The predicted octanol–water partition coefficient (Wildman–Crippen LogP) is 4.29. The molecule has 120 valence electrons. The molecule has 0 spiro atoms. The smallest absolute Gasteiger partial charge is 0.176 e. The van der Waals surface area contributed by atoms with Crippen molar-refractivity contribution in [2.75, 3.05) is 5.32 Å². The number of halogens is 1. The van der Waals surface area contributed by atoms with Gasteiger partial charge in [0.15, 0.2) is 5.58 Å². The van der Waals surface area contributed by atoms with Crippen molar-refractivity contribution in [2.45, 2.75) is 32.9 Å². The molecule has 0 unspecified atom stereocenters. The minimum atomic E-state index is 0.0328. The molecule has 3 rings (SSSR count). The third kappa shape index (κ3) is 3.49. The summed E-state index contributed by atoms with van der Waals surface area (Å²) in [6.07, 6.45) is 0.679. The van der Waals surface area contributed by atoms with E-state index in [-0.39, 0.29) is 6.04 Å². The van der Waals surface area contributed by atoms with Gasteiger partial charge in [-0.25, -0.2) is 4.98 Å². The highest BCUT2D eigenvalue weighted by atomic mass is 35.5. The molecule has 3 aromatic rings. The molecule has 2 heterocycles. The molecule has 3 N–H and O–H groups in total. The van der Waals surface area contributed by atoms with E-state index in [1.807, 2.05) is 32.0 Å². The van der Waals surface area contributed by atoms with Crippen LogP contribution in [0.25, 0.3) is 11.1 Å². The van der Waals surface area contributed by atoms with Crippen molar-refractivity contribution in [3.05, 3.63) is 58.4 Å². The van der Waals surface area contributed by atoms with Crippen molar-refractivity contribution in [1.82, 2.24) is 4.98 Å². The van der Waals surface area contributed by atoms with Crippen molar-refractivity contribution in [3.63, 3.8) is 0 Å². The van der Waals surface area contributed by atoms with Gasteiger partial charge in [0.05, 0.1) is 5.69 Å². The zero-order valence-electron chi connectivity index (χ0n) is 13.3. The van der Waals surface area contributed by atoms with Crippen molar-refractivity contribution in [2.24, 2.45) is 5.73 Å². The van der Waals surface area contributed by atoms with Gasteiger partial charge in [0.2, 0.25) is 0 Å². The SMILES string of the molecule is Cc1c(C[C@H](C)N)oc2c(NCc3ccccc3)cc(Cl)nc12. The van der Waals surface area contributed by atoms with Crippen LogP contribution in [0.3, 0.4) is 0 Å². The van der Waals surface area contributed by atoms with Gasteiger partial charge in [-0.1, -0.05) is 41.9 Å². The van der Waals surface area contributed by atoms with E-state index in [9.17, 15) is 0 Å². The van der Waals surface area contributed by atoms with Crippen LogP contribution in [-0.2, 0) is 13.0 Å². The second-order valence-electron chi connectivity index (χ2n) is 5.84. The molecule has 0 radical (unpaired) electrons. The monoisotopic (exact) mass is 329 g/mol. The number of rotatable bonds is 5. The maximum atomic E-state index is 6.18. The number of benzene rings is 1. The Morgan fingerprint density at radius 3 is 2.74 bits per heavy atom. The van der Waals surface area contributed by atoms with Crippen LogP contribution in [0.1, 0.15) is 23.8 Å². The molecule has 0 amide bonds. The standard InChI is InChI=1S/C18H20ClN3O/c1-11(20)8-15-12(2)17-18(23-15)14(9-16(19)22-17)21-10-13-6-4-3-5-7-13/h3-7,9,11H,8,10,20H2,1-2H3,(H,21,22)/t11-/m0/s1. The van der Waals surface area contributed by atoms with Crippen molar-refractivity contribution in [1.29, 1.82) is 0 Å². The molecule has 1 aromatic carbocycles. The van der Waals surface area contributed by atoms with Gasteiger partial charge in [0.25, 0.3) is 0 Å². The lowest BCUT2D eigenvalue weighted by Crippen LogP contribution is -2.17. The van der Waals surface area contributed by atoms with E-state index in [0.717, 1.165) is 28.1 Å². The Labute approximate surface area is 140 Å². The summed E-state index contributed by atoms with van der Waals surface area (Å²) < 4.78 is 6.02. The van der Waals surface area contributed by atoms with Crippen LogP contribution >= 0.6 is 11.6 Å². The van der Waals surface area contributed by atoms with Crippen LogP contribution < -0.4 is 11.1 Å². The second kappa shape index (κ2) is 6.60. The number of nitrogens with one attached hydrogen (secondary N) is 1. The Morgan fingerprint density at radius 1 is 1.30 bits per heavy atom. The minimum absolute atomic E-state index is 0.0328. The third-order valence-electron chi connectivity index (χ3n) is 3.77. The topological polar surface area (TPSA) is 64.1 Å². The molecule has 0 saturated carbocycles. The lowest BCUT2D eigenvalue weighted by atomic mass is 10.1. The fourth-order valence-electron chi connectivity index (χ4n) is 2.60. The summed E-state index contributed by atoms with van der Waals surface area (Å²) >= 11 is 6.18. The molecule has 1 atom stereocenters. The summed E-state index contributed by atoms with van der Waals surface area (Å²) in [6.45, 7) is 4.65. The normalized spacial score (nSPS) is 12.5. The maximum Gasteiger partial charge on any atom is 0.176 e. The first kappa shape index (κ1) is 15.8. The van der Waals surface area contributed by atoms with Gasteiger partial charge >= 0.3 is 0 Å². The predicted molar refractivity (Wildman–Crippen MR) is 94.9 cm³/mol. The summed E-state index contributed by atoms with van der Waals surface area (Å²) in [5.41, 5.74) is 10.5. The summed E-state index contributed by atoms with van der Waals surface area (Å²) in [7, 11) is 0.